The number of halogens is 2. The lowest BCUT2D eigenvalue weighted by molar-refractivity contribution is -0.137. The van der Waals surface area contributed by atoms with Gasteiger partial charge in [-0.2, -0.15) is 0 Å². The van der Waals surface area contributed by atoms with Crippen LogP contribution >= 0.6 is 0 Å². The molecule has 2 N–H and O–H groups in total. The maximum atomic E-state index is 14.3. The first kappa shape index (κ1) is 19.2. The Balaban J connectivity index is 1.67. The number of aliphatic hydroxyl groups is 1. The maximum Gasteiger partial charge on any atom is 0.277 e. The van der Waals surface area contributed by atoms with Crippen LogP contribution in [-0.4, -0.2) is 54.8 Å². The number of rotatable bonds is 7. The summed E-state index contributed by atoms with van der Waals surface area (Å²) in [5, 5.41) is 11.4. The number of ether oxygens (including phenoxy) is 2. The standard InChI is InChI=1S/C18H20F2N2O5/c19-13-7-12(21-15-9-16(24)22(3-4-23)18(15)25)8-14(20)17(13)27-10-11-1-5-26-6-2-11/h7-9,11,21,23H,1-6,10H2. The Hall–Kier alpha value is -2.52. The van der Waals surface area contributed by atoms with Gasteiger partial charge in [0.25, 0.3) is 11.8 Å². The van der Waals surface area contributed by atoms with Crippen molar-refractivity contribution >= 4 is 17.5 Å². The number of anilines is 1. The van der Waals surface area contributed by atoms with Crippen LogP contribution in [0, 0.1) is 17.6 Å². The highest BCUT2D eigenvalue weighted by Crippen LogP contribution is 2.28. The van der Waals surface area contributed by atoms with Crippen LogP contribution in [0.5, 0.6) is 5.75 Å². The number of carbonyl (C=O) groups excluding carboxylic acids is 2. The number of aliphatic hydroxyl groups excluding tert-OH is 1. The number of hydrogen-bond acceptors (Lipinski definition) is 6. The van der Waals surface area contributed by atoms with Crippen LogP contribution in [0.25, 0.3) is 0 Å². The van der Waals surface area contributed by atoms with E-state index in [1.54, 1.807) is 0 Å². The highest BCUT2D eigenvalue weighted by Gasteiger charge is 2.31. The molecule has 0 saturated carbocycles. The largest absolute Gasteiger partial charge is 0.487 e. The third-order valence-corrected chi connectivity index (χ3v) is 4.41. The molecule has 0 bridgehead atoms. The molecule has 0 aliphatic carbocycles. The van der Waals surface area contributed by atoms with Crippen molar-refractivity contribution in [3.05, 3.63) is 35.5 Å². The van der Waals surface area contributed by atoms with Gasteiger partial charge >= 0.3 is 0 Å². The van der Waals surface area contributed by atoms with Crippen LogP contribution in [0.2, 0.25) is 0 Å². The SMILES string of the molecule is O=C1C=C(Nc2cc(F)c(OCC3CCOCC3)c(F)c2)C(=O)N1CCO. The lowest BCUT2D eigenvalue weighted by Crippen LogP contribution is -2.34. The summed E-state index contributed by atoms with van der Waals surface area (Å²) in [4.78, 5) is 24.6. The Morgan fingerprint density at radius 2 is 1.89 bits per heavy atom. The van der Waals surface area contributed by atoms with E-state index < -0.39 is 29.2 Å². The van der Waals surface area contributed by atoms with Crippen molar-refractivity contribution < 1.29 is 33.0 Å². The second-order valence-corrected chi connectivity index (χ2v) is 6.34. The van der Waals surface area contributed by atoms with Gasteiger partial charge in [-0.3, -0.25) is 14.5 Å². The molecule has 1 aromatic rings. The van der Waals surface area contributed by atoms with E-state index >= 15 is 0 Å². The van der Waals surface area contributed by atoms with Crippen LogP contribution in [0.3, 0.4) is 0 Å². The Morgan fingerprint density at radius 1 is 1.22 bits per heavy atom. The lowest BCUT2D eigenvalue weighted by Gasteiger charge is -2.22. The molecular formula is C18H20F2N2O5. The molecule has 2 heterocycles. The quantitative estimate of drug-likeness (QED) is 0.694. The molecular weight excluding hydrogens is 362 g/mol. The van der Waals surface area contributed by atoms with Crippen molar-refractivity contribution in [1.29, 1.82) is 0 Å². The van der Waals surface area contributed by atoms with Gasteiger partial charge in [0.2, 0.25) is 0 Å². The monoisotopic (exact) mass is 382 g/mol. The molecule has 3 rings (SSSR count). The second-order valence-electron chi connectivity index (χ2n) is 6.34. The van der Waals surface area contributed by atoms with Crippen LogP contribution in [0.4, 0.5) is 14.5 Å². The summed E-state index contributed by atoms with van der Waals surface area (Å²) in [5.74, 6) is -3.39. The van der Waals surface area contributed by atoms with Gasteiger partial charge in [0.05, 0.1) is 19.8 Å². The molecule has 1 fully saturated rings. The van der Waals surface area contributed by atoms with Crippen molar-refractivity contribution in [1.82, 2.24) is 4.90 Å². The Bertz CT molecular complexity index is 739. The van der Waals surface area contributed by atoms with E-state index in [9.17, 15) is 18.4 Å². The number of hydrogen-bond donors (Lipinski definition) is 2. The van der Waals surface area contributed by atoms with Crippen LogP contribution in [-0.2, 0) is 14.3 Å². The summed E-state index contributed by atoms with van der Waals surface area (Å²) in [5.41, 5.74) is -0.148. The van der Waals surface area contributed by atoms with E-state index in [4.69, 9.17) is 14.6 Å². The molecule has 1 saturated heterocycles. The summed E-state index contributed by atoms with van der Waals surface area (Å²) in [7, 11) is 0. The van der Waals surface area contributed by atoms with Gasteiger partial charge in [0.1, 0.15) is 5.70 Å². The summed E-state index contributed by atoms with van der Waals surface area (Å²) in [6, 6.07) is 1.99. The van der Waals surface area contributed by atoms with E-state index in [2.05, 4.69) is 5.32 Å². The Labute approximate surface area is 154 Å². The fraction of sp³-hybridized carbons (Fsp3) is 0.444. The van der Waals surface area contributed by atoms with Gasteiger partial charge in [-0.05, 0) is 18.8 Å². The number of amides is 2. The number of β-amino-alcohol motifs (C(OH)–C–C–N with tert-alkyl or cyclic N) is 1. The van der Waals surface area contributed by atoms with E-state index in [1.165, 1.54) is 0 Å². The zero-order valence-electron chi connectivity index (χ0n) is 14.5. The van der Waals surface area contributed by atoms with E-state index in [0.717, 1.165) is 36.0 Å². The van der Waals surface area contributed by atoms with Crippen LogP contribution < -0.4 is 10.1 Å². The first-order chi connectivity index (χ1) is 13.0. The van der Waals surface area contributed by atoms with E-state index in [0.29, 0.717) is 13.2 Å². The molecule has 146 valence electrons. The summed E-state index contributed by atoms with van der Waals surface area (Å²) < 4.78 is 39.1. The molecule has 0 aromatic heterocycles. The molecule has 7 nitrogen and oxygen atoms in total. The predicted molar refractivity (Wildman–Crippen MR) is 90.9 cm³/mol. The van der Waals surface area contributed by atoms with E-state index in [-0.39, 0.29) is 37.1 Å². The van der Waals surface area contributed by atoms with Crippen molar-refractivity contribution in [3.8, 4) is 5.75 Å². The van der Waals surface area contributed by atoms with E-state index in [1.807, 2.05) is 0 Å². The van der Waals surface area contributed by atoms with Crippen molar-refractivity contribution in [2.75, 3.05) is 38.3 Å². The molecule has 0 radical (unpaired) electrons. The summed E-state index contributed by atoms with van der Waals surface area (Å²) in [6.45, 7) is 0.883. The molecule has 0 atom stereocenters. The third-order valence-electron chi connectivity index (χ3n) is 4.41. The molecule has 0 spiro atoms. The molecule has 27 heavy (non-hydrogen) atoms. The summed E-state index contributed by atoms with van der Waals surface area (Å²) in [6.07, 6.45) is 2.57. The molecule has 0 unspecified atom stereocenters. The fourth-order valence-corrected chi connectivity index (χ4v) is 2.95. The highest BCUT2D eigenvalue weighted by molar-refractivity contribution is 6.17. The molecule has 9 heteroatoms. The predicted octanol–water partition coefficient (Wildman–Crippen LogP) is 1.43. The Kier molecular flexibility index (Phi) is 6.02. The van der Waals surface area contributed by atoms with Gasteiger partial charge < -0.3 is 19.9 Å². The normalized spacial score (nSPS) is 18.0. The smallest absolute Gasteiger partial charge is 0.277 e. The number of nitrogens with zero attached hydrogens (tertiary/aromatic N) is 1. The topological polar surface area (TPSA) is 88.1 Å². The van der Waals surface area contributed by atoms with Crippen molar-refractivity contribution in [2.45, 2.75) is 12.8 Å². The Morgan fingerprint density at radius 3 is 2.52 bits per heavy atom. The molecule has 1 aromatic carbocycles. The molecule has 2 aliphatic rings. The van der Waals surface area contributed by atoms with Gasteiger partial charge in [-0.25, -0.2) is 8.78 Å². The van der Waals surface area contributed by atoms with Crippen molar-refractivity contribution in [2.24, 2.45) is 5.92 Å². The van der Waals surface area contributed by atoms with Gasteiger partial charge in [0.15, 0.2) is 17.4 Å². The second kappa shape index (κ2) is 8.45. The fourth-order valence-electron chi connectivity index (χ4n) is 2.95. The van der Waals surface area contributed by atoms with Crippen molar-refractivity contribution in [3.63, 3.8) is 0 Å². The first-order valence-corrected chi connectivity index (χ1v) is 8.64. The van der Waals surface area contributed by atoms with Crippen LogP contribution in [0.15, 0.2) is 23.9 Å². The van der Waals surface area contributed by atoms with Crippen LogP contribution in [0.1, 0.15) is 12.8 Å². The van der Waals surface area contributed by atoms with Gasteiger partial charge in [-0.1, -0.05) is 0 Å². The minimum Gasteiger partial charge on any atom is -0.487 e. The number of benzene rings is 1. The minimum atomic E-state index is -0.908. The number of nitrogens with one attached hydrogen (secondary N) is 1. The summed E-state index contributed by atoms with van der Waals surface area (Å²) >= 11 is 0. The zero-order valence-corrected chi connectivity index (χ0v) is 14.5. The average Bonchev–Trinajstić information content (AvgIpc) is 2.90. The minimum absolute atomic E-state index is 0.0262. The number of imide groups is 1. The lowest BCUT2D eigenvalue weighted by atomic mass is 10.0. The first-order valence-electron chi connectivity index (χ1n) is 8.64. The highest BCUT2D eigenvalue weighted by atomic mass is 19.1. The molecule has 2 aliphatic heterocycles. The third kappa shape index (κ3) is 4.42. The zero-order chi connectivity index (χ0) is 19.4. The molecule has 2 amide bonds. The van der Waals surface area contributed by atoms with Gasteiger partial charge in [-0.15, -0.1) is 0 Å². The average molecular weight is 382 g/mol. The maximum absolute atomic E-state index is 14.3. The number of carbonyl (C=O) groups is 2. The van der Waals surface area contributed by atoms with Gasteiger partial charge in [0, 0.05) is 37.1 Å².